The molecule has 1 aliphatic rings. The second kappa shape index (κ2) is 7.10. The highest BCUT2D eigenvalue weighted by Gasteiger charge is 2.23. The number of nitrogens with zero attached hydrogens (tertiary/aromatic N) is 1. The van der Waals surface area contributed by atoms with Gasteiger partial charge in [-0.3, -0.25) is 4.79 Å². The first-order chi connectivity index (χ1) is 8.44. The minimum Gasteiger partial charge on any atom is -0.378 e. The van der Waals surface area contributed by atoms with Gasteiger partial charge in [-0.15, -0.1) is 0 Å². The van der Waals surface area contributed by atoms with Gasteiger partial charge in [-0.2, -0.15) is 0 Å². The number of rotatable bonds is 6. The number of hydrogen-bond acceptors (Lipinski definition) is 3. The van der Waals surface area contributed by atoms with Crippen molar-refractivity contribution in [3.8, 4) is 0 Å². The van der Waals surface area contributed by atoms with E-state index >= 15 is 0 Å². The van der Waals surface area contributed by atoms with Crippen molar-refractivity contribution in [2.24, 2.45) is 0 Å². The predicted molar refractivity (Wildman–Crippen MR) is 73.6 cm³/mol. The summed E-state index contributed by atoms with van der Waals surface area (Å²) in [6.07, 6.45) is 5.33. The number of ether oxygens (including phenoxy) is 1. The third kappa shape index (κ3) is 5.36. The van der Waals surface area contributed by atoms with E-state index in [9.17, 15) is 4.79 Å². The van der Waals surface area contributed by atoms with E-state index in [2.05, 4.69) is 5.32 Å². The Hall–Kier alpha value is -0.610. The molecule has 0 aromatic carbocycles. The molecule has 1 amide bonds. The van der Waals surface area contributed by atoms with Crippen molar-refractivity contribution < 1.29 is 9.53 Å². The van der Waals surface area contributed by atoms with Crippen LogP contribution in [0.3, 0.4) is 0 Å². The Kier molecular flexibility index (Phi) is 6.09. The largest absolute Gasteiger partial charge is 0.378 e. The Morgan fingerprint density at radius 3 is 2.72 bits per heavy atom. The van der Waals surface area contributed by atoms with Gasteiger partial charge in [-0.1, -0.05) is 6.42 Å². The molecule has 1 unspecified atom stereocenters. The molecule has 1 rings (SSSR count). The standard InChI is InChI=1S/C14H28N2O2/c1-14(2,18-4)11-13(17)16(3)10-8-12-7-5-6-9-15-12/h12,15H,5-11H2,1-4H3. The van der Waals surface area contributed by atoms with Crippen LogP contribution in [-0.4, -0.2) is 49.7 Å². The van der Waals surface area contributed by atoms with Crippen molar-refractivity contribution in [1.29, 1.82) is 0 Å². The van der Waals surface area contributed by atoms with Crippen LogP contribution >= 0.6 is 0 Å². The van der Waals surface area contributed by atoms with Gasteiger partial charge >= 0.3 is 0 Å². The monoisotopic (exact) mass is 256 g/mol. The average Bonchev–Trinajstić information content (AvgIpc) is 2.36. The van der Waals surface area contributed by atoms with E-state index in [1.807, 2.05) is 25.8 Å². The summed E-state index contributed by atoms with van der Waals surface area (Å²) in [6, 6.07) is 0.587. The van der Waals surface area contributed by atoms with Gasteiger partial charge in [0.15, 0.2) is 0 Å². The maximum atomic E-state index is 12.0. The smallest absolute Gasteiger partial charge is 0.225 e. The van der Waals surface area contributed by atoms with E-state index < -0.39 is 0 Å². The van der Waals surface area contributed by atoms with Crippen LogP contribution in [-0.2, 0) is 9.53 Å². The Morgan fingerprint density at radius 2 is 2.17 bits per heavy atom. The maximum absolute atomic E-state index is 12.0. The normalized spacial score (nSPS) is 20.8. The summed E-state index contributed by atoms with van der Waals surface area (Å²) in [6.45, 7) is 5.85. The molecule has 0 spiro atoms. The zero-order valence-electron chi connectivity index (χ0n) is 12.3. The minimum atomic E-state index is -0.367. The molecule has 1 heterocycles. The van der Waals surface area contributed by atoms with Crippen LogP contribution in [0.25, 0.3) is 0 Å². The number of amides is 1. The molecule has 4 nitrogen and oxygen atoms in total. The fraction of sp³-hybridized carbons (Fsp3) is 0.929. The molecular formula is C14H28N2O2. The van der Waals surface area contributed by atoms with Gasteiger partial charge in [0, 0.05) is 26.7 Å². The molecule has 0 aliphatic carbocycles. The summed E-state index contributed by atoms with van der Waals surface area (Å²) >= 11 is 0. The third-order valence-electron chi connectivity index (χ3n) is 3.78. The number of piperidine rings is 1. The van der Waals surface area contributed by atoms with Gasteiger partial charge in [0.1, 0.15) is 0 Å². The van der Waals surface area contributed by atoms with Gasteiger partial charge in [0.2, 0.25) is 5.91 Å². The first-order valence-electron chi connectivity index (χ1n) is 6.97. The van der Waals surface area contributed by atoms with E-state index in [1.165, 1.54) is 19.3 Å². The Bertz CT molecular complexity index is 261. The van der Waals surface area contributed by atoms with Crippen LogP contribution in [0.2, 0.25) is 0 Å². The molecule has 1 aliphatic heterocycles. The molecule has 1 fully saturated rings. The maximum Gasteiger partial charge on any atom is 0.225 e. The SMILES string of the molecule is COC(C)(C)CC(=O)N(C)CCC1CCCCN1. The summed E-state index contributed by atoms with van der Waals surface area (Å²) in [5.41, 5.74) is -0.367. The zero-order chi connectivity index (χ0) is 13.6. The summed E-state index contributed by atoms with van der Waals surface area (Å²) in [7, 11) is 3.54. The predicted octanol–water partition coefficient (Wildman–Crippen LogP) is 1.79. The number of hydrogen-bond donors (Lipinski definition) is 1. The van der Waals surface area contributed by atoms with Crippen molar-refractivity contribution in [1.82, 2.24) is 10.2 Å². The second-order valence-corrected chi connectivity index (χ2v) is 5.89. The highest BCUT2D eigenvalue weighted by atomic mass is 16.5. The van der Waals surface area contributed by atoms with Crippen LogP contribution in [0.1, 0.15) is 46.0 Å². The first kappa shape index (κ1) is 15.4. The molecule has 1 N–H and O–H groups in total. The zero-order valence-corrected chi connectivity index (χ0v) is 12.3. The topological polar surface area (TPSA) is 41.6 Å². The van der Waals surface area contributed by atoms with Crippen LogP contribution < -0.4 is 5.32 Å². The van der Waals surface area contributed by atoms with Crippen molar-refractivity contribution in [3.63, 3.8) is 0 Å². The fourth-order valence-electron chi connectivity index (χ4n) is 2.22. The quantitative estimate of drug-likeness (QED) is 0.788. The highest BCUT2D eigenvalue weighted by Crippen LogP contribution is 2.15. The van der Waals surface area contributed by atoms with Gasteiger partial charge in [-0.05, 0) is 39.7 Å². The molecule has 106 valence electrons. The second-order valence-electron chi connectivity index (χ2n) is 5.89. The molecule has 1 saturated heterocycles. The lowest BCUT2D eigenvalue weighted by atomic mass is 10.0. The fourth-order valence-corrected chi connectivity index (χ4v) is 2.22. The number of carbonyl (C=O) groups excluding carboxylic acids is 1. The molecule has 18 heavy (non-hydrogen) atoms. The van der Waals surface area contributed by atoms with Crippen molar-refractivity contribution >= 4 is 5.91 Å². The number of carbonyl (C=O) groups is 1. The van der Waals surface area contributed by atoms with Crippen LogP contribution in [0.15, 0.2) is 0 Å². The number of methoxy groups -OCH3 is 1. The minimum absolute atomic E-state index is 0.164. The molecular weight excluding hydrogens is 228 g/mol. The van der Waals surface area contributed by atoms with E-state index in [-0.39, 0.29) is 11.5 Å². The van der Waals surface area contributed by atoms with E-state index in [1.54, 1.807) is 7.11 Å². The van der Waals surface area contributed by atoms with Gasteiger partial charge in [0.25, 0.3) is 0 Å². The van der Waals surface area contributed by atoms with Gasteiger partial charge in [-0.25, -0.2) is 0 Å². The molecule has 0 saturated carbocycles. The summed E-state index contributed by atoms with van der Waals surface area (Å²) in [5, 5.41) is 3.51. The first-order valence-corrected chi connectivity index (χ1v) is 6.97. The van der Waals surface area contributed by atoms with Crippen molar-refractivity contribution in [2.45, 2.75) is 57.6 Å². The molecule has 1 atom stereocenters. The Labute approximate surface area is 111 Å². The average molecular weight is 256 g/mol. The van der Waals surface area contributed by atoms with Crippen LogP contribution in [0.4, 0.5) is 0 Å². The molecule has 4 heteroatoms. The summed E-state index contributed by atoms with van der Waals surface area (Å²) < 4.78 is 5.29. The van der Waals surface area contributed by atoms with Gasteiger partial charge < -0.3 is 15.0 Å². The van der Waals surface area contributed by atoms with E-state index in [0.29, 0.717) is 12.5 Å². The van der Waals surface area contributed by atoms with Crippen LogP contribution in [0, 0.1) is 0 Å². The Morgan fingerprint density at radius 1 is 1.44 bits per heavy atom. The van der Waals surface area contributed by atoms with Crippen molar-refractivity contribution in [2.75, 3.05) is 27.2 Å². The lowest BCUT2D eigenvalue weighted by Crippen LogP contribution is -2.40. The highest BCUT2D eigenvalue weighted by molar-refractivity contribution is 5.76. The lowest BCUT2D eigenvalue weighted by molar-refractivity contribution is -0.135. The summed E-state index contributed by atoms with van der Waals surface area (Å²) in [4.78, 5) is 13.8. The summed E-state index contributed by atoms with van der Waals surface area (Å²) in [5.74, 6) is 0.164. The van der Waals surface area contributed by atoms with Crippen molar-refractivity contribution in [3.05, 3.63) is 0 Å². The van der Waals surface area contributed by atoms with Crippen LogP contribution in [0.5, 0.6) is 0 Å². The number of nitrogens with one attached hydrogen (secondary N) is 1. The lowest BCUT2D eigenvalue weighted by Gasteiger charge is -2.28. The Balaban J connectivity index is 2.26. The van der Waals surface area contributed by atoms with E-state index in [4.69, 9.17) is 4.74 Å². The van der Waals surface area contributed by atoms with Gasteiger partial charge in [0.05, 0.1) is 12.0 Å². The van der Waals surface area contributed by atoms with E-state index in [0.717, 1.165) is 19.5 Å². The third-order valence-corrected chi connectivity index (χ3v) is 3.78. The molecule has 0 aromatic rings. The molecule has 0 aromatic heterocycles. The molecule has 0 bridgehead atoms. The molecule has 0 radical (unpaired) electrons.